The van der Waals surface area contributed by atoms with Crippen LogP contribution in [0, 0.1) is 5.92 Å². The van der Waals surface area contributed by atoms with E-state index in [2.05, 4.69) is 13.5 Å². The predicted molar refractivity (Wildman–Crippen MR) is 93.0 cm³/mol. The molecule has 0 heterocycles. The Morgan fingerprint density at radius 1 is 0.895 bits per heavy atom. The maximum absolute atomic E-state index is 5.22. The molecular weight excluding hydrogens is 248 g/mol. The maximum atomic E-state index is 5.22. The molecule has 0 saturated heterocycles. The summed E-state index contributed by atoms with van der Waals surface area (Å²) in [5.74, 6) is 0.466. The zero-order chi connectivity index (χ0) is 14.3. The average molecular weight is 283 g/mol. The smallest absolute Gasteiger partial charge is 0.00762 e. The van der Waals surface area contributed by atoms with E-state index in [-0.39, 0.29) is 0 Å². The molecule has 0 amide bonds. The van der Waals surface area contributed by atoms with Crippen LogP contribution in [0.1, 0.15) is 90.9 Å². The zero-order valence-electron chi connectivity index (χ0n) is 13.3. The highest BCUT2D eigenvalue weighted by Gasteiger charge is 2.05. The zero-order valence-corrected chi connectivity index (χ0v) is 14.1. The fourth-order valence-corrected chi connectivity index (χ4v) is 2.73. The van der Waals surface area contributed by atoms with Gasteiger partial charge in [0.2, 0.25) is 0 Å². The Bertz CT molecular complexity index is 220. The summed E-state index contributed by atoms with van der Waals surface area (Å²) in [7, 11) is 0. The van der Waals surface area contributed by atoms with E-state index < -0.39 is 0 Å². The lowest BCUT2D eigenvalue weighted by Crippen LogP contribution is -2.04. The summed E-state index contributed by atoms with van der Waals surface area (Å²) in [5, 5.41) is 0. The van der Waals surface area contributed by atoms with Gasteiger partial charge in [0.15, 0.2) is 0 Å². The topological polar surface area (TPSA) is 0 Å². The second-order valence-corrected chi connectivity index (χ2v) is 6.42. The van der Waals surface area contributed by atoms with Gasteiger partial charge in [0.1, 0.15) is 0 Å². The van der Waals surface area contributed by atoms with E-state index in [4.69, 9.17) is 12.2 Å². The van der Waals surface area contributed by atoms with Crippen molar-refractivity contribution in [2.45, 2.75) is 90.9 Å². The lowest BCUT2D eigenvalue weighted by Gasteiger charge is -2.10. The standard InChI is InChI=1S/C18H34S/c1-4-6-7-8-9-10-11-12-13-14-15-16-18(5-2)17(3)19/h5,18H,2,4,6-16H2,1,3H3. The molecule has 0 nitrogen and oxygen atoms in total. The Hall–Kier alpha value is -0.170. The van der Waals surface area contributed by atoms with Crippen LogP contribution < -0.4 is 0 Å². The third kappa shape index (κ3) is 12.6. The van der Waals surface area contributed by atoms with Crippen LogP contribution in [0.4, 0.5) is 0 Å². The molecule has 1 atom stereocenters. The van der Waals surface area contributed by atoms with Crippen molar-refractivity contribution in [2.75, 3.05) is 0 Å². The van der Waals surface area contributed by atoms with Gasteiger partial charge < -0.3 is 0 Å². The van der Waals surface area contributed by atoms with Crippen molar-refractivity contribution in [2.24, 2.45) is 5.92 Å². The number of allylic oxidation sites excluding steroid dienone is 1. The Morgan fingerprint density at radius 3 is 1.68 bits per heavy atom. The summed E-state index contributed by atoms with van der Waals surface area (Å²) in [6.07, 6.45) is 18.7. The fourth-order valence-electron chi connectivity index (χ4n) is 2.52. The lowest BCUT2D eigenvalue weighted by atomic mass is 9.97. The molecule has 0 aliphatic heterocycles. The van der Waals surface area contributed by atoms with Crippen molar-refractivity contribution in [3.8, 4) is 0 Å². The first-order valence-electron chi connectivity index (χ1n) is 8.35. The van der Waals surface area contributed by atoms with E-state index in [1.807, 2.05) is 13.0 Å². The molecule has 0 aliphatic carbocycles. The van der Waals surface area contributed by atoms with Crippen molar-refractivity contribution < 1.29 is 0 Å². The molecule has 0 fully saturated rings. The molecule has 0 radical (unpaired) electrons. The summed E-state index contributed by atoms with van der Waals surface area (Å²) < 4.78 is 0. The average Bonchev–Trinajstić information content (AvgIpc) is 2.40. The summed E-state index contributed by atoms with van der Waals surface area (Å²) in [5.41, 5.74) is 0. The molecule has 19 heavy (non-hydrogen) atoms. The van der Waals surface area contributed by atoms with E-state index in [1.165, 1.54) is 77.0 Å². The molecular formula is C18H34S. The van der Waals surface area contributed by atoms with Gasteiger partial charge in [-0.2, -0.15) is 0 Å². The van der Waals surface area contributed by atoms with Crippen molar-refractivity contribution in [1.82, 2.24) is 0 Å². The normalized spacial score (nSPS) is 12.3. The lowest BCUT2D eigenvalue weighted by molar-refractivity contribution is 0.538. The SMILES string of the molecule is C=CC(CCCCCCCCCCCCC)C(C)=S. The molecule has 0 bridgehead atoms. The Labute approximate surface area is 127 Å². The molecule has 0 N–H and O–H groups in total. The van der Waals surface area contributed by atoms with E-state index in [0.29, 0.717) is 5.92 Å². The van der Waals surface area contributed by atoms with Gasteiger partial charge in [-0.15, -0.1) is 6.58 Å². The van der Waals surface area contributed by atoms with E-state index in [1.54, 1.807) is 0 Å². The molecule has 0 spiro atoms. The minimum absolute atomic E-state index is 0.466. The minimum Gasteiger partial charge on any atom is -0.102 e. The molecule has 1 heteroatoms. The van der Waals surface area contributed by atoms with Crippen molar-refractivity contribution in [3.05, 3.63) is 12.7 Å². The molecule has 112 valence electrons. The summed E-state index contributed by atoms with van der Waals surface area (Å²) in [6.45, 7) is 8.19. The largest absolute Gasteiger partial charge is 0.102 e. The monoisotopic (exact) mass is 282 g/mol. The number of hydrogen-bond donors (Lipinski definition) is 0. The van der Waals surface area contributed by atoms with Crippen molar-refractivity contribution >= 4 is 17.1 Å². The third-order valence-electron chi connectivity index (χ3n) is 3.93. The third-order valence-corrected chi connectivity index (χ3v) is 4.23. The van der Waals surface area contributed by atoms with Crippen LogP contribution in [0.5, 0.6) is 0 Å². The number of rotatable bonds is 14. The van der Waals surface area contributed by atoms with Crippen LogP contribution in [-0.4, -0.2) is 4.86 Å². The Balaban J connectivity index is 3.18. The first-order valence-corrected chi connectivity index (χ1v) is 8.76. The van der Waals surface area contributed by atoms with E-state index in [9.17, 15) is 0 Å². The highest BCUT2D eigenvalue weighted by molar-refractivity contribution is 7.80. The summed E-state index contributed by atoms with van der Waals surface area (Å²) >= 11 is 5.22. The molecule has 0 aliphatic rings. The van der Waals surface area contributed by atoms with E-state index in [0.717, 1.165) is 4.86 Å². The van der Waals surface area contributed by atoms with Gasteiger partial charge in [-0.1, -0.05) is 95.8 Å². The number of unbranched alkanes of at least 4 members (excludes halogenated alkanes) is 10. The minimum atomic E-state index is 0.466. The van der Waals surface area contributed by atoms with Crippen LogP contribution in [0.2, 0.25) is 0 Å². The van der Waals surface area contributed by atoms with Crippen LogP contribution >= 0.6 is 12.2 Å². The molecule has 0 aromatic carbocycles. The van der Waals surface area contributed by atoms with Gasteiger partial charge in [0.05, 0.1) is 0 Å². The fraction of sp³-hybridized carbons (Fsp3) is 0.833. The van der Waals surface area contributed by atoms with Gasteiger partial charge in [-0.3, -0.25) is 0 Å². The summed E-state index contributed by atoms with van der Waals surface area (Å²) in [6, 6.07) is 0. The van der Waals surface area contributed by atoms with Gasteiger partial charge in [-0.05, 0) is 18.2 Å². The van der Waals surface area contributed by atoms with Crippen molar-refractivity contribution in [3.63, 3.8) is 0 Å². The predicted octanol–water partition coefficient (Wildman–Crippen LogP) is 6.88. The Morgan fingerprint density at radius 2 is 1.32 bits per heavy atom. The maximum Gasteiger partial charge on any atom is 0.00762 e. The van der Waals surface area contributed by atoms with Crippen LogP contribution in [0.3, 0.4) is 0 Å². The number of thiocarbonyl (C=S) groups is 1. The van der Waals surface area contributed by atoms with Crippen LogP contribution in [-0.2, 0) is 0 Å². The molecule has 1 unspecified atom stereocenters. The Kier molecular flexibility index (Phi) is 14.1. The number of hydrogen-bond acceptors (Lipinski definition) is 1. The molecule has 0 aromatic heterocycles. The molecule has 0 saturated carbocycles. The molecule has 0 rings (SSSR count). The first kappa shape index (κ1) is 18.8. The van der Waals surface area contributed by atoms with Gasteiger partial charge in [-0.25, -0.2) is 0 Å². The quantitative estimate of drug-likeness (QED) is 0.190. The van der Waals surface area contributed by atoms with Crippen molar-refractivity contribution in [1.29, 1.82) is 0 Å². The van der Waals surface area contributed by atoms with Gasteiger partial charge >= 0.3 is 0 Å². The van der Waals surface area contributed by atoms with Gasteiger partial charge in [0.25, 0.3) is 0 Å². The van der Waals surface area contributed by atoms with Crippen LogP contribution in [0.15, 0.2) is 12.7 Å². The second kappa shape index (κ2) is 14.2. The highest BCUT2D eigenvalue weighted by Crippen LogP contribution is 2.15. The van der Waals surface area contributed by atoms with Crippen LogP contribution in [0.25, 0.3) is 0 Å². The molecule has 0 aromatic rings. The summed E-state index contributed by atoms with van der Waals surface area (Å²) in [4.78, 5) is 1.10. The second-order valence-electron chi connectivity index (χ2n) is 5.78. The first-order chi connectivity index (χ1) is 9.22. The highest BCUT2D eigenvalue weighted by atomic mass is 32.1. The van der Waals surface area contributed by atoms with Gasteiger partial charge in [0, 0.05) is 5.92 Å². The van der Waals surface area contributed by atoms with E-state index >= 15 is 0 Å².